The van der Waals surface area contributed by atoms with Gasteiger partial charge in [-0.15, -0.1) is 0 Å². The molecule has 0 amide bonds. The zero-order valence-electron chi connectivity index (χ0n) is 9.59. The monoisotopic (exact) mass is 254 g/mol. The van der Waals surface area contributed by atoms with Crippen molar-refractivity contribution in [3.8, 4) is 0 Å². The summed E-state index contributed by atoms with van der Waals surface area (Å²) in [5.41, 5.74) is 0. The molecule has 3 nitrogen and oxygen atoms in total. The Labute approximate surface area is 98.3 Å². The predicted octanol–water partition coefficient (Wildman–Crippen LogP) is 2.48. The number of ether oxygens (including phenoxy) is 2. The minimum atomic E-state index is -4.32. The van der Waals surface area contributed by atoms with E-state index in [1.807, 2.05) is 0 Å². The van der Waals surface area contributed by atoms with E-state index in [1.54, 1.807) is 0 Å². The summed E-state index contributed by atoms with van der Waals surface area (Å²) in [5, 5.41) is 0. The molecule has 0 saturated carbocycles. The Hall–Kier alpha value is -0.620. The van der Waals surface area contributed by atoms with E-state index >= 15 is 0 Å². The van der Waals surface area contributed by atoms with Crippen LogP contribution in [0.25, 0.3) is 0 Å². The molecule has 6 heteroatoms. The first-order valence-electron chi connectivity index (χ1n) is 5.75. The zero-order chi connectivity index (χ0) is 12.7. The maximum Gasteiger partial charge on any atom is 0.411 e. The number of ketones is 1. The van der Waals surface area contributed by atoms with Crippen molar-refractivity contribution < 1.29 is 27.4 Å². The van der Waals surface area contributed by atoms with Gasteiger partial charge in [0.05, 0.1) is 12.7 Å². The number of Topliss-reactive ketones (excluding diaryl/α,β-unsaturated/α-hetero) is 1. The van der Waals surface area contributed by atoms with Crippen LogP contribution >= 0.6 is 0 Å². The molecule has 0 aromatic carbocycles. The summed E-state index contributed by atoms with van der Waals surface area (Å²) >= 11 is 0. The van der Waals surface area contributed by atoms with Crippen LogP contribution in [0.15, 0.2) is 0 Å². The SMILES string of the molecule is O=C(CCOCC(F)(F)F)CCC1CCCO1. The average molecular weight is 254 g/mol. The highest BCUT2D eigenvalue weighted by molar-refractivity contribution is 5.78. The van der Waals surface area contributed by atoms with Crippen molar-refractivity contribution >= 4 is 5.78 Å². The molecule has 0 N–H and O–H groups in total. The topological polar surface area (TPSA) is 35.5 Å². The molecule has 17 heavy (non-hydrogen) atoms. The van der Waals surface area contributed by atoms with Crippen LogP contribution in [0.2, 0.25) is 0 Å². The summed E-state index contributed by atoms with van der Waals surface area (Å²) in [6, 6.07) is 0. The number of hydrogen-bond acceptors (Lipinski definition) is 3. The Bertz CT molecular complexity index is 235. The highest BCUT2D eigenvalue weighted by Gasteiger charge is 2.27. The first-order chi connectivity index (χ1) is 7.97. The molecule has 0 aromatic heterocycles. The number of rotatable bonds is 7. The van der Waals surface area contributed by atoms with Crippen LogP contribution in [0, 0.1) is 0 Å². The summed E-state index contributed by atoms with van der Waals surface area (Å²) in [5.74, 6) is -0.0670. The van der Waals surface area contributed by atoms with Gasteiger partial charge >= 0.3 is 6.18 Å². The van der Waals surface area contributed by atoms with Crippen molar-refractivity contribution in [2.45, 2.75) is 44.4 Å². The van der Waals surface area contributed by atoms with Crippen molar-refractivity contribution in [3.63, 3.8) is 0 Å². The molecule has 0 aliphatic carbocycles. The summed E-state index contributed by atoms with van der Waals surface area (Å²) in [4.78, 5) is 11.3. The molecular weight excluding hydrogens is 237 g/mol. The number of carbonyl (C=O) groups excluding carboxylic acids is 1. The minimum Gasteiger partial charge on any atom is -0.378 e. The molecular formula is C11H17F3O3. The quantitative estimate of drug-likeness (QED) is 0.655. The average Bonchev–Trinajstić information content (AvgIpc) is 2.73. The standard InChI is InChI=1S/C11H17F3O3/c12-11(13,14)8-16-7-5-9(15)3-4-10-2-1-6-17-10/h10H,1-8H2. The lowest BCUT2D eigenvalue weighted by Crippen LogP contribution is -2.18. The van der Waals surface area contributed by atoms with Crippen LogP contribution in [-0.2, 0) is 14.3 Å². The molecule has 100 valence electrons. The molecule has 1 unspecified atom stereocenters. The predicted molar refractivity (Wildman–Crippen MR) is 54.7 cm³/mol. The molecule has 0 spiro atoms. The van der Waals surface area contributed by atoms with Gasteiger partial charge in [-0.1, -0.05) is 0 Å². The van der Waals surface area contributed by atoms with Crippen LogP contribution in [0.4, 0.5) is 13.2 Å². The van der Waals surface area contributed by atoms with Gasteiger partial charge < -0.3 is 9.47 Å². The van der Waals surface area contributed by atoms with E-state index < -0.39 is 12.8 Å². The lowest BCUT2D eigenvalue weighted by Gasteiger charge is -2.09. The second kappa shape index (κ2) is 6.96. The Morgan fingerprint density at radius 3 is 2.71 bits per heavy atom. The summed E-state index contributed by atoms with van der Waals surface area (Å²) < 4.78 is 44.8. The van der Waals surface area contributed by atoms with E-state index in [-0.39, 0.29) is 24.9 Å². The first-order valence-corrected chi connectivity index (χ1v) is 5.75. The molecule has 1 saturated heterocycles. The third-order valence-electron chi connectivity index (χ3n) is 2.56. The van der Waals surface area contributed by atoms with Crippen molar-refractivity contribution in [1.82, 2.24) is 0 Å². The van der Waals surface area contributed by atoms with Gasteiger partial charge in [0.15, 0.2) is 0 Å². The van der Waals surface area contributed by atoms with Gasteiger partial charge in [-0.2, -0.15) is 13.2 Å². The van der Waals surface area contributed by atoms with Gasteiger partial charge in [0.2, 0.25) is 0 Å². The third kappa shape index (κ3) is 7.33. The van der Waals surface area contributed by atoms with Gasteiger partial charge in [-0.25, -0.2) is 0 Å². The zero-order valence-corrected chi connectivity index (χ0v) is 9.59. The van der Waals surface area contributed by atoms with Crippen LogP contribution in [0.3, 0.4) is 0 Å². The molecule has 1 heterocycles. The Balaban J connectivity index is 1.97. The van der Waals surface area contributed by atoms with E-state index in [4.69, 9.17) is 4.74 Å². The van der Waals surface area contributed by atoms with Gasteiger partial charge in [0.25, 0.3) is 0 Å². The van der Waals surface area contributed by atoms with E-state index in [2.05, 4.69) is 4.74 Å². The van der Waals surface area contributed by atoms with E-state index in [9.17, 15) is 18.0 Å². The maximum atomic E-state index is 11.7. The highest BCUT2D eigenvalue weighted by atomic mass is 19.4. The maximum absolute atomic E-state index is 11.7. The van der Waals surface area contributed by atoms with Crippen molar-refractivity contribution in [2.75, 3.05) is 19.8 Å². The molecule has 1 fully saturated rings. The molecule has 1 atom stereocenters. The Morgan fingerprint density at radius 2 is 2.12 bits per heavy atom. The fraction of sp³-hybridized carbons (Fsp3) is 0.909. The first kappa shape index (κ1) is 14.4. The number of alkyl halides is 3. The lowest BCUT2D eigenvalue weighted by molar-refractivity contribution is -0.174. The summed E-state index contributed by atoms with van der Waals surface area (Å²) in [6.45, 7) is -0.705. The van der Waals surface area contributed by atoms with Crippen LogP contribution in [0.1, 0.15) is 32.1 Å². The number of halogens is 3. The normalized spacial score (nSPS) is 20.8. The van der Waals surface area contributed by atoms with Crippen LogP contribution in [-0.4, -0.2) is 37.9 Å². The van der Waals surface area contributed by atoms with Gasteiger partial charge in [0, 0.05) is 19.4 Å². The highest BCUT2D eigenvalue weighted by Crippen LogP contribution is 2.17. The second-order valence-electron chi connectivity index (χ2n) is 4.13. The summed E-state index contributed by atoms with van der Waals surface area (Å²) in [7, 11) is 0. The minimum absolute atomic E-state index is 0.0444. The summed E-state index contributed by atoms with van der Waals surface area (Å²) in [6.07, 6.45) is -1.11. The fourth-order valence-electron chi connectivity index (χ4n) is 1.69. The van der Waals surface area contributed by atoms with Crippen LogP contribution < -0.4 is 0 Å². The van der Waals surface area contributed by atoms with E-state index in [0.717, 1.165) is 19.4 Å². The molecule has 0 radical (unpaired) electrons. The third-order valence-corrected chi connectivity index (χ3v) is 2.56. The number of carbonyl (C=O) groups is 1. The van der Waals surface area contributed by atoms with Gasteiger partial charge in [-0.3, -0.25) is 4.79 Å². The lowest BCUT2D eigenvalue weighted by atomic mass is 10.1. The van der Waals surface area contributed by atoms with Crippen LogP contribution in [0.5, 0.6) is 0 Å². The number of hydrogen-bond donors (Lipinski definition) is 0. The largest absolute Gasteiger partial charge is 0.411 e. The second-order valence-corrected chi connectivity index (χ2v) is 4.13. The van der Waals surface area contributed by atoms with Crippen molar-refractivity contribution in [2.24, 2.45) is 0 Å². The van der Waals surface area contributed by atoms with E-state index in [1.165, 1.54) is 0 Å². The smallest absolute Gasteiger partial charge is 0.378 e. The molecule has 1 aliphatic heterocycles. The van der Waals surface area contributed by atoms with E-state index in [0.29, 0.717) is 12.8 Å². The molecule has 1 rings (SSSR count). The fourth-order valence-corrected chi connectivity index (χ4v) is 1.69. The Kier molecular flexibility index (Phi) is 5.91. The van der Waals surface area contributed by atoms with Crippen molar-refractivity contribution in [3.05, 3.63) is 0 Å². The molecule has 0 bridgehead atoms. The molecule has 0 aromatic rings. The van der Waals surface area contributed by atoms with Gasteiger partial charge in [-0.05, 0) is 19.3 Å². The van der Waals surface area contributed by atoms with Crippen molar-refractivity contribution in [1.29, 1.82) is 0 Å². The van der Waals surface area contributed by atoms with Gasteiger partial charge in [0.1, 0.15) is 12.4 Å². The Morgan fingerprint density at radius 1 is 1.35 bits per heavy atom. The molecule has 1 aliphatic rings.